The highest BCUT2D eigenvalue weighted by Crippen LogP contribution is 2.29. The molecule has 4 rings (SSSR count). The molecule has 41 heavy (non-hydrogen) atoms. The number of nitrogens with one attached hydrogen (secondary N) is 3. The fraction of sp³-hybridized carbons (Fsp3) is 0.370. The molecule has 14 heteroatoms. The van der Waals surface area contributed by atoms with Crippen LogP contribution in [0.5, 0.6) is 5.75 Å². The highest BCUT2D eigenvalue weighted by Gasteiger charge is 2.30. The van der Waals surface area contributed by atoms with Crippen LogP contribution in [-0.4, -0.2) is 69.7 Å². The number of sulfonamides is 2. The second kappa shape index (κ2) is 13.3. The summed E-state index contributed by atoms with van der Waals surface area (Å²) in [6.07, 6.45) is 1.37. The Bertz CT molecular complexity index is 1550. The number of phenols is 1. The minimum absolute atomic E-state index is 0.00701. The van der Waals surface area contributed by atoms with Gasteiger partial charge in [-0.1, -0.05) is 24.3 Å². The Labute approximate surface area is 244 Å². The van der Waals surface area contributed by atoms with Gasteiger partial charge in [0, 0.05) is 30.1 Å². The van der Waals surface area contributed by atoms with Gasteiger partial charge in [-0.15, -0.1) is 11.3 Å². The van der Waals surface area contributed by atoms with E-state index in [1.54, 1.807) is 36.4 Å². The molecular weight excluding hydrogens is 589 g/mol. The van der Waals surface area contributed by atoms with Crippen LogP contribution >= 0.6 is 11.3 Å². The molecule has 0 spiro atoms. The average molecular weight is 623 g/mol. The second-order valence-corrected chi connectivity index (χ2v) is 15.0. The zero-order valence-corrected chi connectivity index (χ0v) is 24.9. The number of aliphatic hydroxyl groups excluding tert-OH is 1. The summed E-state index contributed by atoms with van der Waals surface area (Å²) in [6, 6.07) is 16.4. The number of piperidine rings is 1. The van der Waals surface area contributed by atoms with Crippen LogP contribution in [0.15, 0.2) is 64.9 Å². The predicted octanol–water partition coefficient (Wildman–Crippen LogP) is 2.48. The molecule has 222 valence electrons. The third kappa shape index (κ3) is 8.50. The normalized spacial score (nSPS) is 15.9. The Balaban J connectivity index is 1.23. The van der Waals surface area contributed by atoms with E-state index in [9.17, 15) is 31.8 Å². The third-order valence-electron chi connectivity index (χ3n) is 6.74. The number of rotatable bonds is 12. The van der Waals surface area contributed by atoms with E-state index >= 15 is 0 Å². The van der Waals surface area contributed by atoms with Gasteiger partial charge in [-0.25, -0.2) is 16.8 Å². The van der Waals surface area contributed by atoms with Crippen molar-refractivity contribution in [3.05, 3.63) is 76.7 Å². The Morgan fingerprint density at radius 2 is 1.76 bits per heavy atom. The number of aliphatic hydroxyl groups is 1. The number of carbonyl (C=O) groups is 1. The highest BCUT2D eigenvalue weighted by atomic mass is 32.2. The van der Waals surface area contributed by atoms with Crippen molar-refractivity contribution in [2.75, 3.05) is 37.2 Å². The molecule has 1 aliphatic heterocycles. The Kier molecular flexibility index (Phi) is 10.0. The summed E-state index contributed by atoms with van der Waals surface area (Å²) < 4.78 is 53.3. The minimum Gasteiger partial charge on any atom is -0.506 e. The number of carbonyl (C=O) groups excluding carboxylic acids is 1. The first-order valence-electron chi connectivity index (χ1n) is 13.0. The Hall–Kier alpha value is -3.01. The largest absolute Gasteiger partial charge is 0.506 e. The topological polar surface area (TPSA) is 165 Å². The SMILES string of the molecule is CS(=O)(=O)Nc1cc([C@H](O)CNCC2CCN(S(=O)(=O)c3ccc(CNC(=O)c4ccccc4)s3)CC2)ccc1O. The number of phenolic OH excluding ortho intramolecular Hbond substituents is 1. The monoisotopic (exact) mass is 622 g/mol. The van der Waals surface area contributed by atoms with Gasteiger partial charge in [0.2, 0.25) is 10.0 Å². The van der Waals surface area contributed by atoms with Gasteiger partial charge in [0.15, 0.2) is 0 Å². The van der Waals surface area contributed by atoms with E-state index in [1.807, 2.05) is 6.07 Å². The lowest BCUT2D eigenvalue weighted by molar-refractivity contribution is 0.0951. The van der Waals surface area contributed by atoms with Crippen LogP contribution in [0, 0.1) is 5.92 Å². The van der Waals surface area contributed by atoms with Gasteiger partial charge in [0.25, 0.3) is 15.9 Å². The number of hydrogen-bond acceptors (Lipinski definition) is 9. The van der Waals surface area contributed by atoms with E-state index in [4.69, 9.17) is 0 Å². The van der Waals surface area contributed by atoms with Crippen molar-refractivity contribution < 1.29 is 31.8 Å². The van der Waals surface area contributed by atoms with Crippen LogP contribution in [0.3, 0.4) is 0 Å². The Morgan fingerprint density at radius 1 is 1.05 bits per heavy atom. The van der Waals surface area contributed by atoms with Crippen LogP contribution in [0.4, 0.5) is 5.69 Å². The number of nitrogens with zero attached hydrogens (tertiary/aromatic N) is 1. The van der Waals surface area contributed by atoms with E-state index in [0.29, 0.717) is 43.6 Å². The van der Waals surface area contributed by atoms with Crippen molar-refractivity contribution in [2.24, 2.45) is 5.92 Å². The van der Waals surface area contributed by atoms with E-state index in [0.717, 1.165) is 22.5 Å². The maximum absolute atomic E-state index is 13.2. The molecule has 0 bridgehead atoms. The van der Waals surface area contributed by atoms with Gasteiger partial charge in [0.05, 0.1) is 24.6 Å². The van der Waals surface area contributed by atoms with Gasteiger partial charge in [-0.3, -0.25) is 9.52 Å². The summed E-state index contributed by atoms with van der Waals surface area (Å²) in [5, 5.41) is 26.4. The second-order valence-electron chi connectivity index (χ2n) is 9.94. The maximum Gasteiger partial charge on any atom is 0.252 e. The number of anilines is 1. The molecule has 2 aromatic carbocycles. The molecule has 2 heterocycles. The first-order valence-corrected chi connectivity index (χ1v) is 17.2. The lowest BCUT2D eigenvalue weighted by Crippen LogP contribution is -2.40. The van der Waals surface area contributed by atoms with Crippen LogP contribution in [0.2, 0.25) is 0 Å². The molecule has 5 N–H and O–H groups in total. The smallest absolute Gasteiger partial charge is 0.252 e. The van der Waals surface area contributed by atoms with Gasteiger partial charge in [-0.05, 0) is 67.3 Å². The fourth-order valence-electron chi connectivity index (χ4n) is 4.52. The van der Waals surface area contributed by atoms with Gasteiger partial charge in [0.1, 0.15) is 9.96 Å². The molecule has 3 aromatic rings. The predicted molar refractivity (Wildman–Crippen MR) is 158 cm³/mol. The van der Waals surface area contributed by atoms with Crippen molar-refractivity contribution in [3.8, 4) is 5.75 Å². The maximum atomic E-state index is 13.2. The number of benzene rings is 2. The van der Waals surface area contributed by atoms with Crippen molar-refractivity contribution in [1.82, 2.24) is 14.9 Å². The van der Waals surface area contributed by atoms with Gasteiger partial charge < -0.3 is 20.8 Å². The first-order chi connectivity index (χ1) is 19.4. The summed E-state index contributed by atoms with van der Waals surface area (Å²) in [7, 11) is -7.23. The van der Waals surface area contributed by atoms with E-state index < -0.39 is 26.2 Å². The van der Waals surface area contributed by atoms with Crippen LogP contribution < -0.4 is 15.4 Å². The van der Waals surface area contributed by atoms with E-state index in [1.165, 1.54) is 22.5 Å². The zero-order valence-electron chi connectivity index (χ0n) is 22.5. The third-order valence-corrected chi connectivity index (χ3v) is 10.8. The van der Waals surface area contributed by atoms with Crippen molar-refractivity contribution >= 4 is 43.0 Å². The average Bonchev–Trinajstić information content (AvgIpc) is 3.43. The fourth-order valence-corrected chi connectivity index (χ4v) is 8.00. The molecule has 1 atom stereocenters. The molecule has 0 aliphatic carbocycles. The summed E-state index contributed by atoms with van der Waals surface area (Å²) in [5.41, 5.74) is 0.977. The van der Waals surface area contributed by atoms with Gasteiger partial charge >= 0.3 is 0 Å². The lowest BCUT2D eigenvalue weighted by atomic mass is 9.98. The quantitative estimate of drug-likeness (QED) is 0.192. The Morgan fingerprint density at radius 3 is 2.44 bits per heavy atom. The molecule has 0 saturated carbocycles. The molecular formula is C27H34N4O7S3. The van der Waals surface area contributed by atoms with Crippen molar-refractivity contribution in [3.63, 3.8) is 0 Å². The molecule has 1 amide bonds. The first kappa shape index (κ1) is 30.9. The summed E-state index contributed by atoms with van der Waals surface area (Å²) in [5.74, 6) is -0.235. The standard InChI is InChI=1S/C27H34N4O7S3/c1-40(35,36)30-23-15-21(7-9-24(23)32)25(33)18-28-16-19-11-13-31(14-12-19)41(37,38)26-10-8-22(39-26)17-29-27(34)20-5-3-2-4-6-20/h2-10,15,19,25,28,30,32-33H,11-14,16-18H2,1H3,(H,29,34)/t25-/m1/s1. The minimum atomic E-state index is -3.64. The molecule has 0 radical (unpaired) electrons. The zero-order chi connectivity index (χ0) is 29.6. The number of amides is 1. The van der Waals surface area contributed by atoms with E-state index in [-0.39, 0.29) is 40.6 Å². The van der Waals surface area contributed by atoms with Crippen LogP contribution in [0.1, 0.15) is 39.7 Å². The van der Waals surface area contributed by atoms with Gasteiger partial charge in [-0.2, -0.15) is 4.31 Å². The summed E-state index contributed by atoms with van der Waals surface area (Å²) in [4.78, 5) is 13.0. The number of aromatic hydroxyl groups is 1. The van der Waals surface area contributed by atoms with E-state index in [2.05, 4.69) is 15.4 Å². The molecule has 1 saturated heterocycles. The molecule has 1 fully saturated rings. The summed E-state index contributed by atoms with van der Waals surface area (Å²) >= 11 is 1.15. The number of thiophene rings is 1. The molecule has 1 aliphatic rings. The van der Waals surface area contributed by atoms with Crippen LogP contribution in [0.25, 0.3) is 0 Å². The summed E-state index contributed by atoms with van der Waals surface area (Å²) in [6.45, 7) is 1.80. The molecule has 11 nitrogen and oxygen atoms in total. The lowest BCUT2D eigenvalue weighted by Gasteiger charge is -2.31. The highest BCUT2D eigenvalue weighted by molar-refractivity contribution is 7.92. The van der Waals surface area contributed by atoms with Crippen molar-refractivity contribution in [1.29, 1.82) is 0 Å². The molecule has 1 aromatic heterocycles. The molecule has 0 unspecified atom stereocenters. The van der Waals surface area contributed by atoms with Crippen molar-refractivity contribution in [2.45, 2.75) is 29.7 Å². The van der Waals surface area contributed by atoms with Crippen LogP contribution in [-0.2, 0) is 26.6 Å². The number of hydrogen-bond donors (Lipinski definition) is 5.